The van der Waals surface area contributed by atoms with Gasteiger partial charge in [-0.3, -0.25) is 4.57 Å². The van der Waals surface area contributed by atoms with Gasteiger partial charge in [-0.1, -0.05) is 29.8 Å². The summed E-state index contributed by atoms with van der Waals surface area (Å²) in [6, 6.07) is 15.3. The lowest BCUT2D eigenvalue weighted by atomic mass is 10.2. The molecule has 0 spiro atoms. The normalized spacial score (nSPS) is 10.5. The van der Waals surface area contributed by atoms with Gasteiger partial charge < -0.3 is 4.74 Å². The molecular formula is C15H12ClN3O. The number of nitrogens with zero attached hydrogens (tertiary/aromatic N) is 3. The molecule has 0 aliphatic rings. The minimum atomic E-state index is 0.628. The molecule has 2 aromatic carbocycles. The first-order valence-corrected chi connectivity index (χ1v) is 6.47. The molecule has 0 saturated heterocycles. The summed E-state index contributed by atoms with van der Waals surface area (Å²) in [4.78, 5) is 0. The molecule has 100 valence electrons. The Hall–Kier alpha value is -2.33. The molecule has 0 bridgehead atoms. The number of hydrogen-bond acceptors (Lipinski definition) is 3. The molecule has 0 unspecified atom stereocenters. The molecule has 1 aromatic heterocycles. The van der Waals surface area contributed by atoms with Crippen LogP contribution in [0.5, 0.6) is 5.75 Å². The number of hydrogen-bond donors (Lipinski definition) is 0. The third-order valence-corrected chi connectivity index (χ3v) is 3.22. The van der Waals surface area contributed by atoms with Crippen molar-refractivity contribution < 1.29 is 4.74 Å². The molecular weight excluding hydrogens is 274 g/mol. The zero-order valence-corrected chi connectivity index (χ0v) is 11.6. The highest BCUT2D eigenvalue weighted by Crippen LogP contribution is 2.32. The van der Waals surface area contributed by atoms with Crippen molar-refractivity contribution in [2.45, 2.75) is 0 Å². The average molecular weight is 286 g/mol. The van der Waals surface area contributed by atoms with Crippen molar-refractivity contribution in [1.29, 1.82) is 0 Å². The van der Waals surface area contributed by atoms with Gasteiger partial charge in [0, 0.05) is 10.7 Å². The second-order valence-electron chi connectivity index (χ2n) is 4.20. The zero-order valence-electron chi connectivity index (χ0n) is 10.8. The second kappa shape index (κ2) is 5.35. The molecule has 1 heterocycles. The standard InChI is InChI=1S/C15H12ClN3O/c1-20-14-8-7-11(16)9-13(14)15-18-17-10-19(15)12-5-3-2-4-6-12/h2-10H,1H3. The molecule has 3 rings (SSSR count). The highest BCUT2D eigenvalue weighted by atomic mass is 35.5. The molecule has 4 nitrogen and oxygen atoms in total. The van der Waals surface area contributed by atoms with Crippen molar-refractivity contribution in [1.82, 2.24) is 14.8 Å². The third kappa shape index (κ3) is 2.26. The Bertz CT molecular complexity index is 725. The minimum absolute atomic E-state index is 0.628. The lowest BCUT2D eigenvalue weighted by Gasteiger charge is -2.10. The lowest BCUT2D eigenvalue weighted by molar-refractivity contribution is 0.416. The van der Waals surface area contributed by atoms with E-state index in [4.69, 9.17) is 16.3 Å². The maximum atomic E-state index is 6.08. The van der Waals surface area contributed by atoms with Crippen LogP contribution in [0, 0.1) is 0 Å². The van der Waals surface area contributed by atoms with Crippen LogP contribution in [0.1, 0.15) is 0 Å². The highest BCUT2D eigenvalue weighted by molar-refractivity contribution is 6.30. The fourth-order valence-corrected chi connectivity index (χ4v) is 2.22. The van der Waals surface area contributed by atoms with Gasteiger partial charge in [-0.05, 0) is 30.3 Å². The van der Waals surface area contributed by atoms with Crippen LogP contribution >= 0.6 is 11.6 Å². The van der Waals surface area contributed by atoms with E-state index in [0.717, 1.165) is 11.3 Å². The summed E-state index contributed by atoms with van der Waals surface area (Å²) in [6.45, 7) is 0. The van der Waals surface area contributed by atoms with Crippen molar-refractivity contribution in [2.75, 3.05) is 7.11 Å². The molecule has 0 fully saturated rings. The summed E-state index contributed by atoms with van der Waals surface area (Å²) in [6.07, 6.45) is 1.67. The fourth-order valence-electron chi connectivity index (χ4n) is 2.05. The first kappa shape index (κ1) is 12.7. The Labute approximate surface area is 121 Å². The monoisotopic (exact) mass is 285 g/mol. The first-order valence-electron chi connectivity index (χ1n) is 6.09. The third-order valence-electron chi connectivity index (χ3n) is 2.98. The SMILES string of the molecule is COc1ccc(Cl)cc1-c1nncn1-c1ccccc1. The number of aromatic nitrogens is 3. The van der Waals surface area contributed by atoms with Gasteiger partial charge in [-0.15, -0.1) is 10.2 Å². The van der Waals surface area contributed by atoms with Crippen LogP contribution in [0.4, 0.5) is 0 Å². The Morgan fingerprint density at radius 3 is 2.65 bits per heavy atom. The van der Waals surface area contributed by atoms with Crippen LogP contribution in [0.15, 0.2) is 54.9 Å². The van der Waals surface area contributed by atoms with E-state index in [2.05, 4.69) is 10.2 Å². The van der Waals surface area contributed by atoms with Crippen LogP contribution in [-0.2, 0) is 0 Å². The van der Waals surface area contributed by atoms with Crippen molar-refractivity contribution in [3.05, 3.63) is 59.9 Å². The van der Waals surface area contributed by atoms with Gasteiger partial charge in [0.2, 0.25) is 0 Å². The maximum absolute atomic E-state index is 6.08. The van der Waals surface area contributed by atoms with Crippen LogP contribution in [0.25, 0.3) is 17.1 Å². The Morgan fingerprint density at radius 2 is 1.90 bits per heavy atom. The molecule has 0 saturated carbocycles. The molecule has 3 aromatic rings. The van der Waals surface area contributed by atoms with Crippen molar-refractivity contribution in [3.63, 3.8) is 0 Å². The summed E-state index contributed by atoms with van der Waals surface area (Å²) in [5.74, 6) is 1.40. The highest BCUT2D eigenvalue weighted by Gasteiger charge is 2.14. The molecule has 0 radical (unpaired) electrons. The van der Waals surface area contributed by atoms with E-state index >= 15 is 0 Å². The number of benzene rings is 2. The van der Waals surface area contributed by atoms with Gasteiger partial charge in [-0.25, -0.2) is 0 Å². The number of para-hydroxylation sites is 1. The smallest absolute Gasteiger partial charge is 0.172 e. The fraction of sp³-hybridized carbons (Fsp3) is 0.0667. The van der Waals surface area contributed by atoms with E-state index in [1.807, 2.05) is 47.0 Å². The van der Waals surface area contributed by atoms with E-state index in [-0.39, 0.29) is 0 Å². The summed E-state index contributed by atoms with van der Waals surface area (Å²) in [7, 11) is 1.62. The lowest BCUT2D eigenvalue weighted by Crippen LogP contribution is -1.98. The summed E-state index contributed by atoms with van der Waals surface area (Å²) in [5.41, 5.74) is 1.79. The van der Waals surface area contributed by atoms with Gasteiger partial charge in [0.25, 0.3) is 0 Å². The predicted molar refractivity (Wildman–Crippen MR) is 78.4 cm³/mol. The van der Waals surface area contributed by atoms with E-state index in [1.54, 1.807) is 19.5 Å². The number of rotatable bonds is 3. The van der Waals surface area contributed by atoms with Gasteiger partial charge in [-0.2, -0.15) is 0 Å². The molecule has 5 heteroatoms. The minimum Gasteiger partial charge on any atom is -0.496 e. The molecule has 0 atom stereocenters. The first-order chi connectivity index (χ1) is 9.79. The average Bonchev–Trinajstić information content (AvgIpc) is 2.97. The Kier molecular flexibility index (Phi) is 3.39. The van der Waals surface area contributed by atoms with Crippen LogP contribution in [0.2, 0.25) is 5.02 Å². The molecule has 0 aliphatic carbocycles. The van der Waals surface area contributed by atoms with Gasteiger partial charge >= 0.3 is 0 Å². The molecule has 0 N–H and O–H groups in total. The van der Waals surface area contributed by atoms with E-state index in [0.29, 0.717) is 16.6 Å². The Morgan fingerprint density at radius 1 is 1.10 bits per heavy atom. The van der Waals surface area contributed by atoms with Gasteiger partial charge in [0.1, 0.15) is 12.1 Å². The van der Waals surface area contributed by atoms with Crippen molar-refractivity contribution >= 4 is 11.6 Å². The van der Waals surface area contributed by atoms with Crippen LogP contribution in [0.3, 0.4) is 0 Å². The number of methoxy groups -OCH3 is 1. The summed E-state index contributed by atoms with van der Waals surface area (Å²) < 4.78 is 7.27. The number of ether oxygens (including phenoxy) is 1. The predicted octanol–water partition coefficient (Wildman–Crippen LogP) is 3.60. The summed E-state index contributed by atoms with van der Waals surface area (Å²) >= 11 is 6.08. The largest absolute Gasteiger partial charge is 0.496 e. The number of halogens is 1. The zero-order chi connectivity index (χ0) is 13.9. The van der Waals surface area contributed by atoms with E-state index < -0.39 is 0 Å². The van der Waals surface area contributed by atoms with Crippen LogP contribution < -0.4 is 4.74 Å². The van der Waals surface area contributed by atoms with Crippen molar-refractivity contribution in [3.8, 4) is 22.8 Å². The molecule has 20 heavy (non-hydrogen) atoms. The second-order valence-corrected chi connectivity index (χ2v) is 4.64. The Balaban J connectivity index is 2.18. The topological polar surface area (TPSA) is 39.9 Å². The molecule has 0 amide bonds. The van der Waals surface area contributed by atoms with Gasteiger partial charge in [0.15, 0.2) is 5.82 Å². The quantitative estimate of drug-likeness (QED) is 0.738. The van der Waals surface area contributed by atoms with Crippen molar-refractivity contribution in [2.24, 2.45) is 0 Å². The molecule has 0 aliphatic heterocycles. The van der Waals surface area contributed by atoms with Gasteiger partial charge in [0.05, 0.1) is 12.7 Å². The van der Waals surface area contributed by atoms with E-state index in [9.17, 15) is 0 Å². The summed E-state index contributed by atoms with van der Waals surface area (Å²) in [5, 5.41) is 8.81. The van der Waals surface area contributed by atoms with E-state index in [1.165, 1.54) is 0 Å². The van der Waals surface area contributed by atoms with Crippen LogP contribution in [-0.4, -0.2) is 21.9 Å². The maximum Gasteiger partial charge on any atom is 0.172 e.